The Hall–Kier alpha value is -5.25. The van der Waals surface area contributed by atoms with E-state index in [4.69, 9.17) is 4.74 Å². The molecule has 3 aromatic carbocycles. The highest BCUT2D eigenvalue weighted by molar-refractivity contribution is 6.35. The maximum Gasteiger partial charge on any atom is 0.374 e. The molecule has 2 atom stereocenters. The van der Waals surface area contributed by atoms with Crippen LogP contribution in [0.1, 0.15) is 31.9 Å². The third-order valence-corrected chi connectivity index (χ3v) is 6.96. The van der Waals surface area contributed by atoms with E-state index in [1.54, 1.807) is 98.8 Å². The number of ether oxygens (including phenoxy) is 1. The number of benzene rings is 3. The van der Waals surface area contributed by atoms with Crippen LogP contribution in [0.15, 0.2) is 97.2 Å². The quantitative estimate of drug-likeness (QED) is 0.341. The van der Waals surface area contributed by atoms with E-state index in [9.17, 15) is 29.1 Å². The van der Waals surface area contributed by atoms with E-state index < -0.39 is 47.5 Å². The van der Waals surface area contributed by atoms with Crippen LogP contribution in [0.2, 0.25) is 0 Å². The van der Waals surface area contributed by atoms with Gasteiger partial charge in [-0.3, -0.25) is 19.2 Å². The number of carboxylic acids is 1. The van der Waals surface area contributed by atoms with Crippen molar-refractivity contribution < 1.29 is 33.8 Å². The lowest BCUT2D eigenvalue weighted by Crippen LogP contribution is -2.64. The fourth-order valence-electron chi connectivity index (χ4n) is 5.00. The first-order valence-electron chi connectivity index (χ1n) is 13.8. The number of rotatable bonds is 11. The molecule has 1 N–H and O–H groups in total. The first-order valence-corrected chi connectivity index (χ1v) is 13.8. The van der Waals surface area contributed by atoms with Crippen LogP contribution in [-0.2, 0) is 30.4 Å². The molecule has 0 saturated carbocycles. The van der Waals surface area contributed by atoms with Gasteiger partial charge in [0.1, 0.15) is 17.8 Å². The Labute approximate surface area is 249 Å². The summed E-state index contributed by atoms with van der Waals surface area (Å²) in [6.07, 6.45) is 1.30. The van der Waals surface area contributed by atoms with Gasteiger partial charge in [0.05, 0.1) is 5.70 Å². The fraction of sp³-hybridized carbons (Fsp3) is 0.242. The molecule has 222 valence electrons. The van der Waals surface area contributed by atoms with E-state index in [1.165, 1.54) is 18.0 Å². The van der Waals surface area contributed by atoms with Gasteiger partial charge in [-0.2, -0.15) is 0 Å². The first kappa shape index (κ1) is 30.7. The Morgan fingerprint density at radius 2 is 1.44 bits per heavy atom. The molecule has 3 amide bonds. The van der Waals surface area contributed by atoms with E-state index in [2.05, 4.69) is 0 Å². The zero-order valence-electron chi connectivity index (χ0n) is 24.1. The van der Waals surface area contributed by atoms with Crippen LogP contribution < -0.4 is 4.74 Å². The zero-order valence-corrected chi connectivity index (χ0v) is 24.1. The summed E-state index contributed by atoms with van der Waals surface area (Å²) in [6.45, 7) is 4.31. The number of hydrogen-bond donors (Lipinski definition) is 1. The van der Waals surface area contributed by atoms with Crippen molar-refractivity contribution in [2.24, 2.45) is 5.92 Å². The van der Waals surface area contributed by atoms with Crippen molar-refractivity contribution >= 4 is 35.2 Å². The van der Waals surface area contributed by atoms with E-state index in [0.29, 0.717) is 16.9 Å². The third-order valence-electron chi connectivity index (χ3n) is 6.96. The van der Waals surface area contributed by atoms with Gasteiger partial charge in [0, 0.05) is 25.1 Å². The van der Waals surface area contributed by atoms with Crippen molar-refractivity contribution in [2.45, 2.75) is 39.3 Å². The maximum absolute atomic E-state index is 14.4. The lowest BCUT2D eigenvalue weighted by molar-refractivity contribution is -0.171. The highest BCUT2D eigenvalue weighted by Gasteiger charge is 2.47. The minimum absolute atomic E-state index is 0.127. The van der Waals surface area contributed by atoms with Crippen LogP contribution in [0.25, 0.3) is 5.70 Å². The number of carboxylic acid groups (broad SMARTS) is 1. The number of ketones is 1. The van der Waals surface area contributed by atoms with Crippen molar-refractivity contribution in [1.29, 1.82) is 0 Å². The summed E-state index contributed by atoms with van der Waals surface area (Å²) in [6, 6.07) is 23.4. The Kier molecular flexibility index (Phi) is 9.72. The van der Waals surface area contributed by atoms with Gasteiger partial charge in [0.2, 0.25) is 5.91 Å². The largest absolute Gasteiger partial charge is 0.484 e. The van der Waals surface area contributed by atoms with Crippen molar-refractivity contribution in [2.75, 3.05) is 6.61 Å². The normalized spacial score (nSPS) is 15.5. The van der Waals surface area contributed by atoms with Crippen molar-refractivity contribution in [3.63, 3.8) is 0 Å². The lowest BCUT2D eigenvalue weighted by atomic mass is 9.97. The van der Waals surface area contributed by atoms with Crippen LogP contribution in [0.5, 0.6) is 5.75 Å². The van der Waals surface area contributed by atoms with Gasteiger partial charge in [0.25, 0.3) is 17.6 Å². The minimum Gasteiger partial charge on any atom is -0.484 e. The molecule has 1 unspecified atom stereocenters. The van der Waals surface area contributed by atoms with Crippen molar-refractivity contribution in [3.8, 4) is 5.75 Å². The summed E-state index contributed by atoms with van der Waals surface area (Å²) in [5.74, 6) is -4.84. The molecule has 0 saturated heterocycles. The van der Waals surface area contributed by atoms with E-state index in [0.717, 1.165) is 10.0 Å². The van der Waals surface area contributed by atoms with Crippen molar-refractivity contribution in [1.82, 2.24) is 14.9 Å². The molecular weight excluding hydrogens is 550 g/mol. The SMILES string of the molecule is CC(=O)N([C@@H](Cc1ccccc1)C(=O)C(=O)O)N1C(=O)C(C(C)C)N(C(=O)COc2ccccc2)C=C1c1ccccc1. The average molecular weight is 584 g/mol. The van der Waals surface area contributed by atoms with E-state index in [-0.39, 0.29) is 18.7 Å². The van der Waals surface area contributed by atoms with Gasteiger partial charge in [-0.1, -0.05) is 92.7 Å². The van der Waals surface area contributed by atoms with Gasteiger partial charge >= 0.3 is 5.97 Å². The predicted octanol–water partition coefficient (Wildman–Crippen LogP) is 3.79. The number of hydrazine groups is 1. The molecule has 3 aromatic rings. The summed E-state index contributed by atoms with van der Waals surface area (Å²) < 4.78 is 5.68. The van der Waals surface area contributed by atoms with Gasteiger partial charge in [-0.05, 0) is 23.6 Å². The van der Waals surface area contributed by atoms with Crippen LogP contribution in [-0.4, -0.2) is 68.2 Å². The third kappa shape index (κ3) is 6.98. The zero-order chi connectivity index (χ0) is 31.1. The van der Waals surface area contributed by atoms with Gasteiger partial charge in [0.15, 0.2) is 6.61 Å². The van der Waals surface area contributed by atoms with Crippen LogP contribution in [0.3, 0.4) is 0 Å². The van der Waals surface area contributed by atoms with Crippen LogP contribution in [0, 0.1) is 5.92 Å². The van der Waals surface area contributed by atoms with Crippen LogP contribution in [0.4, 0.5) is 0 Å². The standard InChI is InChI=1S/C33H33N3O7/c1-22(2)30-32(40)36(35(23(3)37)27(31(39)33(41)42)19-24-13-7-4-8-14-24)28(25-15-9-5-10-16-25)20-34(30)29(38)21-43-26-17-11-6-12-18-26/h4-18,20,22,27,30H,19,21H2,1-3H3,(H,41,42)/t27-,30?/m0/s1. The van der Waals surface area contributed by atoms with Gasteiger partial charge in [-0.25, -0.2) is 14.8 Å². The molecule has 4 rings (SSSR count). The number of hydrogen-bond acceptors (Lipinski definition) is 6. The monoisotopic (exact) mass is 583 g/mol. The number of carbonyl (C=O) groups is 5. The van der Waals surface area contributed by atoms with Gasteiger partial charge in [-0.15, -0.1) is 0 Å². The molecule has 1 aliphatic rings. The number of amides is 3. The molecule has 0 fully saturated rings. The maximum atomic E-state index is 14.4. The van der Waals surface area contributed by atoms with Crippen LogP contribution >= 0.6 is 0 Å². The molecule has 1 heterocycles. The molecule has 10 heteroatoms. The summed E-state index contributed by atoms with van der Waals surface area (Å²) in [5.41, 5.74) is 1.19. The Morgan fingerprint density at radius 1 is 0.884 bits per heavy atom. The summed E-state index contributed by atoms with van der Waals surface area (Å²) in [5, 5.41) is 11.7. The molecule has 0 spiro atoms. The summed E-state index contributed by atoms with van der Waals surface area (Å²) in [4.78, 5) is 67.8. The highest BCUT2D eigenvalue weighted by atomic mass is 16.5. The molecule has 10 nitrogen and oxygen atoms in total. The van der Waals surface area contributed by atoms with Gasteiger partial charge < -0.3 is 14.7 Å². The average Bonchev–Trinajstić information content (AvgIpc) is 3.00. The number of carbonyl (C=O) groups excluding carboxylic acids is 4. The minimum atomic E-state index is -1.74. The fourth-order valence-corrected chi connectivity index (χ4v) is 5.00. The lowest BCUT2D eigenvalue weighted by Gasteiger charge is -2.46. The van der Waals surface area contributed by atoms with E-state index in [1.807, 2.05) is 6.07 Å². The number of para-hydroxylation sites is 1. The second kappa shape index (κ2) is 13.6. The Morgan fingerprint density at radius 3 is 1.98 bits per heavy atom. The highest BCUT2D eigenvalue weighted by Crippen LogP contribution is 2.33. The molecule has 0 aliphatic carbocycles. The predicted molar refractivity (Wildman–Crippen MR) is 158 cm³/mol. The number of aliphatic carboxylic acids is 1. The Balaban J connectivity index is 1.84. The topological polar surface area (TPSA) is 125 Å². The smallest absolute Gasteiger partial charge is 0.374 e. The second-order valence-corrected chi connectivity index (χ2v) is 10.4. The Bertz CT molecular complexity index is 1510. The van der Waals surface area contributed by atoms with Crippen molar-refractivity contribution in [3.05, 3.63) is 108 Å². The number of Topliss-reactive ketones (excluding diaryl/α,β-unsaturated/α-hetero) is 1. The van der Waals surface area contributed by atoms with E-state index >= 15 is 0 Å². The molecule has 0 bridgehead atoms. The molecule has 1 aliphatic heterocycles. The second-order valence-electron chi connectivity index (χ2n) is 10.4. The molecule has 43 heavy (non-hydrogen) atoms. The number of nitrogens with zero attached hydrogens (tertiary/aromatic N) is 3. The molecule has 0 aromatic heterocycles. The first-order chi connectivity index (χ1) is 20.6. The molecular formula is C33H33N3O7. The summed E-state index contributed by atoms with van der Waals surface area (Å²) in [7, 11) is 0. The summed E-state index contributed by atoms with van der Waals surface area (Å²) >= 11 is 0. The molecule has 0 radical (unpaired) electrons.